The van der Waals surface area contributed by atoms with Gasteiger partial charge in [-0.2, -0.15) is 0 Å². The highest BCUT2D eigenvalue weighted by molar-refractivity contribution is 8.93. The summed E-state index contributed by atoms with van der Waals surface area (Å²) in [5.74, 6) is -0.347. The molecule has 0 bridgehead atoms. The molecule has 1 saturated heterocycles. The largest absolute Gasteiger partial charge is 0.332 e. The minimum Gasteiger partial charge on any atom is -0.332 e. The molecular formula is C7H14BrN3O2. The van der Waals surface area contributed by atoms with E-state index in [4.69, 9.17) is 5.73 Å². The number of halogens is 1. The molecule has 0 spiro atoms. The van der Waals surface area contributed by atoms with Crippen molar-refractivity contribution in [1.29, 1.82) is 0 Å². The van der Waals surface area contributed by atoms with Crippen molar-refractivity contribution >= 4 is 28.8 Å². The van der Waals surface area contributed by atoms with Gasteiger partial charge in [0.25, 0.3) is 0 Å². The van der Waals surface area contributed by atoms with Gasteiger partial charge < -0.3 is 16.0 Å². The zero-order chi connectivity index (χ0) is 9.35. The van der Waals surface area contributed by atoms with E-state index in [9.17, 15) is 9.59 Å². The Bertz CT molecular complexity index is 230. The maximum Gasteiger partial charge on any atom is 0.241 e. The highest BCUT2D eigenvalue weighted by Crippen LogP contribution is 2.15. The Balaban J connectivity index is 0.00000144. The van der Waals surface area contributed by atoms with E-state index in [2.05, 4.69) is 5.32 Å². The van der Waals surface area contributed by atoms with E-state index >= 15 is 0 Å². The molecule has 0 radical (unpaired) electrons. The molecule has 3 N–H and O–H groups in total. The molecule has 0 aromatic rings. The third kappa shape index (κ3) is 2.41. The molecule has 0 aromatic carbocycles. The summed E-state index contributed by atoms with van der Waals surface area (Å²) in [6.45, 7) is 3.60. The van der Waals surface area contributed by atoms with E-state index < -0.39 is 5.66 Å². The van der Waals surface area contributed by atoms with Crippen molar-refractivity contribution in [2.75, 3.05) is 13.1 Å². The maximum absolute atomic E-state index is 11.2. The molecule has 1 aliphatic heterocycles. The number of carbonyl (C=O) groups is 2. The van der Waals surface area contributed by atoms with Crippen molar-refractivity contribution in [2.45, 2.75) is 19.5 Å². The molecule has 6 heteroatoms. The summed E-state index contributed by atoms with van der Waals surface area (Å²) in [7, 11) is 0. The molecule has 2 amide bonds. The quantitative estimate of drug-likeness (QED) is 0.642. The van der Waals surface area contributed by atoms with Crippen molar-refractivity contribution in [3.63, 3.8) is 0 Å². The molecule has 1 aliphatic rings. The van der Waals surface area contributed by atoms with Gasteiger partial charge in [-0.1, -0.05) is 0 Å². The van der Waals surface area contributed by atoms with Crippen LogP contribution >= 0.6 is 17.0 Å². The normalized spacial score (nSPS) is 19.3. The Morgan fingerprint density at radius 2 is 2.23 bits per heavy atom. The fourth-order valence-corrected chi connectivity index (χ4v) is 1.30. The number of nitrogens with two attached hydrogens (primary N) is 1. The number of carbonyl (C=O) groups excluding carboxylic acids is 2. The standard InChI is InChI=1S/C7H13N3O2.BrH/c1-7(2)9-5(11)4-10(7)6(12)3-8;/h3-4,8H2,1-2H3,(H,9,11);1H. The van der Waals surface area contributed by atoms with Gasteiger partial charge in [0.15, 0.2) is 0 Å². The predicted molar refractivity (Wildman–Crippen MR) is 53.3 cm³/mol. The van der Waals surface area contributed by atoms with Gasteiger partial charge in [-0.3, -0.25) is 9.59 Å². The number of nitrogens with zero attached hydrogens (tertiary/aromatic N) is 1. The van der Waals surface area contributed by atoms with E-state index in [0.29, 0.717) is 0 Å². The zero-order valence-electron chi connectivity index (χ0n) is 7.66. The summed E-state index contributed by atoms with van der Waals surface area (Å²) in [6.07, 6.45) is 0. The zero-order valence-corrected chi connectivity index (χ0v) is 9.38. The highest BCUT2D eigenvalue weighted by Gasteiger charge is 2.38. The summed E-state index contributed by atoms with van der Waals surface area (Å²) < 4.78 is 0. The number of rotatable bonds is 1. The van der Waals surface area contributed by atoms with E-state index in [1.807, 2.05) is 0 Å². The van der Waals surface area contributed by atoms with Crippen LogP contribution in [0.3, 0.4) is 0 Å². The molecule has 0 aromatic heterocycles. The number of nitrogens with one attached hydrogen (secondary N) is 1. The van der Waals surface area contributed by atoms with Crippen molar-refractivity contribution in [1.82, 2.24) is 10.2 Å². The van der Waals surface area contributed by atoms with E-state index in [1.54, 1.807) is 13.8 Å². The summed E-state index contributed by atoms with van der Waals surface area (Å²) in [5.41, 5.74) is 4.60. The second-order valence-corrected chi connectivity index (χ2v) is 3.29. The molecular weight excluding hydrogens is 238 g/mol. The average molecular weight is 252 g/mol. The first-order valence-electron chi connectivity index (χ1n) is 3.79. The molecule has 1 heterocycles. The molecule has 1 fully saturated rings. The lowest BCUT2D eigenvalue weighted by atomic mass is 10.2. The van der Waals surface area contributed by atoms with Gasteiger partial charge in [0.05, 0.1) is 6.54 Å². The summed E-state index contributed by atoms with van der Waals surface area (Å²) in [4.78, 5) is 23.6. The Kier molecular flexibility index (Phi) is 3.87. The third-order valence-corrected chi connectivity index (χ3v) is 1.90. The lowest BCUT2D eigenvalue weighted by Crippen LogP contribution is -2.50. The van der Waals surface area contributed by atoms with Crippen LogP contribution in [0, 0.1) is 0 Å². The van der Waals surface area contributed by atoms with Crippen LogP contribution in [-0.2, 0) is 9.59 Å². The number of amides is 2. The molecule has 0 unspecified atom stereocenters. The van der Waals surface area contributed by atoms with E-state index in [-0.39, 0.29) is 41.9 Å². The lowest BCUT2D eigenvalue weighted by molar-refractivity contribution is -0.133. The second-order valence-electron chi connectivity index (χ2n) is 3.29. The van der Waals surface area contributed by atoms with E-state index in [0.717, 1.165) is 0 Å². The third-order valence-electron chi connectivity index (χ3n) is 1.90. The summed E-state index contributed by atoms with van der Waals surface area (Å²) in [6, 6.07) is 0. The van der Waals surface area contributed by atoms with Gasteiger partial charge in [-0.05, 0) is 13.8 Å². The molecule has 76 valence electrons. The summed E-state index contributed by atoms with van der Waals surface area (Å²) >= 11 is 0. The topological polar surface area (TPSA) is 75.4 Å². The van der Waals surface area contributed by atoms with Gasteiger partial charge in [-0.25, -0.2) is 0 Å². The van der Waals surface area contributed by atoms with Gasteiger partial charge in [0.1, 0.15) is 12.2 Å². The summed E-state index contributed by atoms with van der Waals surface area (Å²) in [5, 5.41) is 2.67. The van der Waals surface area contributed by atoms with Crippen molar-refractivity contribution < 1.29 is 9.59 Å². The molecule has 0 atom stereocenters. The van der Waals surface area contributed by atoms with Gasteiger partial charge in [0.2, 0.25) is 11.8 Å². The van der Waals surface area contributed by atoms with Crippen molar-refractivity contribution in [3.05, 3.63) is 0 Å². The molecule has 13 heavy (non-hydrogen) atoms. The Labute approximate surface area is 87.4 Å². The monoisotopic (exact) mass is 251 g/mol. The van der Waals surface area contributed by atoms with Crippen LogP contribution in [0.15, 0.2) is 0 Å². The Morgan fingerprint density at radius 3 is 2.54 bits per heavy atom. The first-order chi connectivity index (χ1) is 5.47. The Hall–Kier alpha value is -0.620. The minimum absolute atomic E-state index is 0. The lowest BCUT2D eigenvalue weighted by Gasteiger charge is -2.29. The van der Waals surface area contributed by atoms with Gasteiger partial charge in [0, 0.05) is 0 Å². The molecule has 0 aliphatic carbocycles. The Morgan fingerprint density at radius 1 is 1.69 bits per heavy atom. The first kappa shape index (κ1) is 12.4. The maximum atomic E-state index is 11.2. The second kappa shape index (κ2) is 4.06. The van der Waals surface area contributed by atoms with Crippen LogP contribution in [0.5, 0.6) is 0 Å². The van der Waals surface area contributed by atoms with Crippen molar-refractivity contribution in [3.8, 4) is 0 Å². The van der Waals surface area contributed by atoms with Crippen molar-refractivity contribution in [2.24, 2.45) is 5.73 Å². The highest BCUT2D eigenvalue weighted by atomic mass is 79.9. The smallest absolute Gasteiger partial charge is 0.241 e. The van der Waals surface area contributed by atoms with Crippen LogP contribution < -0.4 is 11.1 Å². The van der Waals surface area contributed by atoms with Gasteiger partial charge >= 0.3 is 0 Å². The molecule has 1 rings (SSSR count). The van der Waals surface area contributed by atoms with Crippen LogP contribution in [0.2, 0.25) is 0 Å². The van der Waals surface area contributed by atoms with Gasteiger partial charge in [-0.15, -0.1) is 17.0 Å². The van der Waals surface area contributed by atoms with Crippen LogP contribution in [-0.4, -0.2) is 35.5 Å². The minimum atomic E-state index is -0.590. The van der Waals surface area contributed by atoms with Crippen LogP contribution in [0.4, 0.5) is 0 Å². The fourth-order valence-electron chi connectivity index (χ4n) is 1.30. The predicted octanol–water partition coefficient (Wildman–Crippen LogP) is -0.782. The molecule has 5 nitrogen and oxygen atoms in total. The SMILES string of the molecule is Br.CC1(C)NC(=O)CN1C(=O)CN. The van der Waals surface area contributed by atoms with E-state index in [1.165, 1.54) is 4.90 Å². The van der Waals surface area contributed by atoms with Crippen LogP contribution in [0.25, 0.3) is 0 Å². The average Bonchev–Trinajstić information content (AvgIpc) is 2.23. The van der Waals surface area contributed by atoms with Crippen LogP contribution in [0.1, 0.15) is 13.8 Å². The number of hydrogen-bond donors (Lipinski definition) is 2. The first-order valence-corrected chi connectivity index (χ1v) is 3.79. The number of hydrogen-bond acceptors (Lipinski definition) is 3. The molecule has 0 saturated carbocycles. The fraction of sp³-hybridized carbons (Fsp3) is 0.714.